The summed E-state index contributed by atoms with van der Waals surface area (Å²) in [6.45, 7) is 3.15. The van der Waals surface area contributed by atoms with Crippen LogP contribution in [0.1, 0.15) is 37.7 Å². The number of aromatic nitrogens is 3. The summed E-state index contributed by atoms with van der Waals surface area (Å²) in [4.78, 5) is 6.86. The minimum absolute atomic E-state index is 0.635. The Morgan fingerprint density at radius 2 is 2.10 bits per heavy atom. The van der Waals surface area contributed by atoms with Gasteiger partial charge in [0.1, 0.15) is 12.1 Å². The van der Waals surface area contributed by atoms with Crippen LogP contribution in [0.15, 0.2) is 18.5 Å². The molecule has 0 spiro atoms. The van der Waals surface area contributed by atoms with Gasteiger partial charge in [-0.05, 0) is 37.5 Å². The second kappa shape index (κ2) is 6.12. The lowest BCUT2D eigenvalue weighted by Crippen LogP contribution is -2.39. The summed E-state index contributed by atoms with van der Waals surface area (Å²) in [5, 5.41) is 5.39. The monoisotopic (exact) mass is 336 g/mol. The molecule has 108 valence electrons. The van der Waals surface area contributed by atoms with Crippen LogP contribution in [0.2, 0.25) is 0 Å². The molecule has 0 N–H and O–H groups in total. The van der Waals surface area contributed by atoms with Crippen LogP contribution in [-0.4, -0.2) is 32.5 Å². The molecule has 0 radical (unpaired) electrons. The van der Waals surface area contributed by atoms with Gasteiger partial charge in [0.25, 0.3) is 0 Å². The number of hydrogen-bond donors (Lipinski definition) is 0. The Balaban J connectivity index is 2.01. The highest BCUT2D eigenvalue weighted by Crippen LogP contribution is 2.28. The lowest BCUT2D eigenvalue weighted by Gasteiger charge is -2.35. The zero-order valence-corrected chi connectivity index (χ0v) is 13.5. The van der Waals surface area contributed by atoms with E-state index in [2.05, 4.69) is 50.0 Å². The molecule has 0 amide bonds. The van der Waals surface area contributed by atoms with E-state index >= 15 is 0 Å². The third kappa shape index (κ3) is 2.68. The van der Waals surface area contributed by atoms with Crippen LogP contribution in [0.3, 0.4) is 0 Å². The minimum atomic E-state index is 0.635. The molecule has 0 unspecified atom stereocenters. The maximum atomic E-state index is 4.41. The normalized spacial score (nSPS) is 16.7. The number of hydrogen-bond acceptors (Lipinski definition) is 3. The topological polar surface area (TPSA) is 33.4 Å². The van der Waals surface area contributed by atoms with E-state index in [4.69, 9.17) is 0 Å². The summed E-state index contributed by atoms with van der Waals surface area (Å²) in [6.07, 6.45) is 8.29. The fraction of sp³-hybridized carbons (Fsp3) is 0.600. The van der Waals surface area contributed by atoms with Crippen LogP contribution < -0.4 is 4.90 Å². The van der Waals surface area contributed by atoms with E-state index in [1.807, 2.05) is 4.52 Å². The van der Waals surface area contributed by atoms with Gasteiger partial charge < -0.3 is 4.90 Å². The minimum Gasteiger partial charge on any atom is -0.353 e. The Labute approximate surface area is 128 Å². The van der Waals surface area contributed by atoms with Gasteiger partial charge in [0.2, 0.25) is 0 Å². The first-order valence-corrected chi connectivity index (χ1v) is 8.55. The van der Waals surface area contributed by atoms with Crippen LogP contribution in [-0.2, 0) is 0 Å². The average Bonchev–Trinajstić information content (AvgIpc) is 2.93. The number of nitrogens with zero attached hydrogens (tertiary/aromatic N) is 4. The van der Waals surface area contributed by atoms with Crippen molar-refractivity contribution in [2.24, 2.45) is 0 Å². The molecule has 0 atom stereocenters. The van der Waals surface area contributed by atoms with Crippen molar-refractivity contribution in [1.82, 2.24) is 14.6 Å². The molecule has 0 saturated heterocycles. The molecule has 0 aliphatic heterocycles. The fourth-order valence-corrected chi connectivity index (χ4v) is 3.59. The summed E-state index contributed by atoms with van der Waals surface area (Å²) in [5.41, 5.74) is 2.19. The number of halogens is 1. The molecule has 0 aromatic carbocycles. The average molecular weight is 337 g/mol. The van der Waals surface area contributed by atoms with Crippen LogP contribution in [0.25, 0.3) is 5.65 Å². The molecule has 4 nitrogen and oxygen atoms in total. The van der Waals surface area contributed by atoms with Gasteiger partial charge in [0.05, 0.1) is 0 Å². The number of rotatable bonds is 4. The summed E-state index contributed by atoms with van der Waals surface area (Å²) in [7, 11) is 0. The Kier molecular flexibility index (Phi) is 4.24. The number of fused-ring (bicyclic) bond motifs is 1. The van der Waals surface area contributed by atoms with Crippen LogP contribution in [0, 0.1) is 6.92 Å². The van der Waals surface area contributed by atoms with Crippen LogP contribution >= 0.6 is 15.9 Å². The summed E-state index contributed by atoms with van der Waals surface area (Å²) in [5.74, 6) is 1.18. The zero-order chi connectivity index (χ0) is 13.9. The maximum absolute atomic E-state index is 4.41. The highest BCUT2D eigenvalue weighted by molar-refractivity contribution is 9.09. The zero-order valence-electron chi connectivity index (χ0n) is 11.9. The Morgan fingerprint density at radius 3 is 2.85 bits per heavy atom. The van der Waals surface area contributed by atoms with Crippen molar-refractivity contribution in [2.75, 3.05) is 16.8 Å². The first kappa shape index (κ1) is 13.9. The van der Waals surface area contributed by atoms with Crippen molar-refractivity contribution >= 4 is 27.4 Å². The van der Waals surface area contributed by atoms with E-state index in [1.165, 1.54) is 43.5 Å². The Morgan fingerprint density at radius 1 is 1.30 bits per heavy atom. The van der Waals surface area contributed by atoms with Gasteiger partial charge in [-0.2, -0.15) is 9.61 Å². The summed E-state index contributed by atoms with van der Waals surface area (Å²) < 4.78 is 1.98. The van der Waals surface area contributed by atoms with Gasteiger partial charge in [-0.15, -0.1) is 0 Å². The molecular formula is C15H21BrN4. The van der Waals surface area contributed by atoms with Gasteiger partial charge in [-0.1, -0.05) is 35.2 Å². The fourth-order valence-electron chi connectivity index (χ4n) is 3.21. The SMILES string of the molecule is Cc1cc(N(CCBr)C2CCCCC2)n2ncnc2c1. The van der Waals surface area contributed by atoms with Crippen LogP contribution in [0.5, 0.6) is 0 Å². The van der Waals surface area contributed by atoms with E-state index in [0.29, 0.717) is 6.04 Å². The van der Waals surface area contributed by atoms with E-state index in [-0.39, 0.29) is 0 Å². The number of pyridine rings is 1. The lowest BCUT2D eigenvalue weighted by atomic mass is 9.94. The maximum Gasteiger partial charge on any atom is 0.157 e. The lowest BCUT2D eigenvalue weighted by molar-refractivity contribution is 0.415. The predicted molar refractivity (Wildman–Crippen MR) is 85.7 cm³/mol. The first-order chi connectivity index (χ1) is 9.79. The van der Waals surface area contributed by atoms with Crippen molar-refractivity contribution in [3.05, 3.63) is 24.0 Å². The molecule has 2 heterocycles. The molecule has 1 aliphatic carbocycles. The van der Waals surface area contributed by atoms with Gasteiger partial charge in [0, 0.05) is 17.9 Å². The second-order valence-electron chi connectivity index (χ2n) is 5.60. The third-order valence-electron chi connectivity index (χ3n) is 4.14. The van der Waals surface area contributed by atoms with Crippen molar-refractivity contribution in [3.63, 3.8) is 0 Å². The second-order valence-corrected chi connectivity index (χ2v) is 6.39. The molecule has 1 aliphatic rings. The largest absolute Gasteiger partial charge is 0.353 e. The van der Waals surface area contributed by atoms with Gasteiger partial charge >= 0.3 is 0 Å². The molecule has 1 fully saturated rings. The van der Waals surface area contributed by atoms with E-state index in [1.54, 1.807) is 6.33 Å². The molecule has 20 heavy (non-hydrogen) atoms. The van der Waals surface area contributed by atoms with E-state index < -0.39 is 0 Å². The van der Waals surface area contributed by atoms with Crippen molar-refractivity contribution in [3.8, 4) is 0 Å². The van der Waals surface area contributed by atoms with Crippen LogP contribution in [0.4, 0.5) is 5.82 Å². The molecule has 2 aromatic rings. The summed E-state index contributed by atoms with van der Waals surface area (Å²) >= 11 is 3.60. The Bertz CT molecular complexity index is 574. The molecule has 5 heteroatoms. The predicted octanol–water partition coefficient (Wildman–Crippen LogP) is 3.57. The molecule has 1 saturated carbocycles. The van der Waals surface area contributed by atoms with E-state index in [0.717, 1.165) is 17.5 Å². The molecular weight excluding hydrogens is 316 g/mol. The van der Waals surface area contributed by atoms with Gasteiger partial charge in [-0.25, -0.2) is 4.98 Å². The molecule has 3 rings (SSSR count). The third-order valence-corrected chi connectivity index (χ3v) is 4.49. The highest BCUT2D eigenvalue weighted by atomic mass is 79.9. The number of anilines is 1. The van der Waals surface area contributed by atoms with Gasteiger partial charge in [0.15, 0.2) is 5.65 Å². The quantitative estimate of drug-likeness (QED) is 0.800. The Hall–Kier alpha value is -1.10. The standard InChI is InChI=1S/C15H21BrN4/c1-12-9-14-17-11-18-20(14)15(10-12)19(8-7-16)13-5-3-2-4-6-13/h9-11,13H,2-8H2,1H3. The summed E-state index contributed by atoms with van der Waals surface area (Å²) in [6, 6.07) is 4.96. The smallest absolute Gasteiger partial charge is 0.157 e. The number of aryl methyl sites for hydroxylation is 1. The highest BCUT2D eigenvalue weighted by Gasteiger charge is 2.23. The molecule has 2 aromatic heterocycles. The van der Waals surface area contributed by atoms with Crippen molar-refractivity contribution in [2.45, 2.75) is 45.1 Å². The van der Waals surface area contributed by atoms with Crippen molar-refractivity contribution in [1.29, 1.82) is 0 Å². The number of alkyl halides is 1. The molecule has 0 bridgehead atoms. The van der Waals surface area contributed by atoms with Gasteiger partial charge in [-0.3, -0.25) is 0 Å². The van der Waals surface area contributed by atoms with Crippen molar-refractivity contribution < 1.29 is 0 Å². The first-order valence-electron chi connectivity index (χ1n) is 7.42. The van der Waals surface area contributed by atoms with E-state index in [9.17, 15) is 0 Å².